The van der Waals surface area contributed by atoms with Gasteiger partial charge in [-0.3, -0.25) is 5.10 Å². The normalized spacial score (nSPS) is 17.2. The molecule has 0 radical (unpaired) electrons. The number of aromatic nitrogens is 3. The standard InChI is InChI=1S/C15H22N4/c1-10(2)14-13-12(18-19-14)8-9-16-15(13)17-11-6-4-3-5-7-11/h8-11H,3-7H2,1-2H3,(H,16,17)(H,18,19). The zero-order chi connectivity index (χ0) is 13.2. The largest absolute Gasteiger partial charge is 0.367 e. The van der Waals surface area contributed by atoms with Gasteiger partial charge in [0.25, 0.3) is 0 Å². The van der Waals surface area contributed by atoms with Crippen LogP contribution in [0, 0.1) is 0 Å². The number of rotatable bonds is 3. The summed E-state index contributed by atoms with van der Waals surface area (Å²) in [6.45, 7) is 4.35. The molecule has 4 heteroatoms. The number of nitrogens with one attached hydrogen (secondary N) is 2. The Labute approximate surface area is 114 Å². The molecule has 2 N–H and O–H groups in total. The molecule has 19 heavy (non-hydrogen) atoms. The van der Waals surface area contributed by atoms with Crippen molar-refractivity contribution in [1.82, 2.24) is 15.2 Å². The van der Waals surface area contributed by atoms with E-state index in [1.165, 1.54) is 37.5 Å². The van der Waals surface area contributed by atoms with Crippen LogP contribution >= 0.6 is 0 Å². The number of aromatic amines is 1. The molecule has 0 amide bonds. The highest BCUT2D eigenvalue weighted by Gasteiger charge is 2.18. The van der Waals surface area contributed by atoms with Crippen LogP contribution in [0.5, 0.6) is 0 Å². The molecule has 0 atom stereocenters. The van der Waals surface area contributed by atoms with Gasteiger partial charge in [-0.2, -0.15) is 5.10 Å². The number of pyridine rings is 1. The highest BCUT2D eigenvalue weighted by atomic mass is 15.1. The highest BCUT2D eigenvalue weighted by molar-refractivity contribution is 5.91. The lowest BCUT2D eigenvalue weighted by atomic mass is 9.95. The lowest BCUT2D eigenvalue weighted by Gasteiger charge is -2.23. The Balaban J connectivity index is 1.95. The van der Waals surface area contributed by atoms with E-state index in [1.54, 1.807) is 0 Å². The molecular formula is C15H22N4. The molecule has 0 saturated heterocycles. The predicted octanol–water partition coefficient (Wildman–Crippen LogP) is 3.83. The molecule has 2 aromatic heterocycles. The minimum absolute atomic E-state index is 0.407. The molecule has 1 saturated carbocycles. The van der Waals surface area contributed by atoms with Crippen molar-refractivity contribution in [3.8, 4) is 0 Å². The fourth-order valence-corrected chi connectivity index (χ4v) is 2.96. The maximum Gasteiger partial charge on any atom is 0.137 e. The topological polar surface area (TPSA) is 53.6 Å². The first-order valence-electron chi connectivity index (χ1n) is 7.35. The van der Waals surface area contributed by atoms with Gasteiger partial charge >= 0.3 is 0 Å². The summed E-state index contributed by atoms with van der Waals surface area (Å²) in [6.07, 6.45) is 8.40. The molecule has 3 rings (SSSR count). The molecule has 1 aliphatic carbocycles. The Morgan fingerprint density at radius 2 is 2.05 bits per heavy atom. The van der Waals surface area contributed by atoms with Crippen LogP contribution in [0.25, 0.3) is 10.9 Å². The summed E-state index contributed by atoms with van der Waals surface area (Å²) < 4.78 is 0. The van der Waals surface area contributed by atoms with Gasteiger partial charge in [0.2, 0.25) is 0 Å². The van der Waals surface area contributed by atoms with Crippen molar-refractivity contribution in [2.45, 2.75) is 57.9 Å². The van der Waals surface area contributed by atoms with Gasteiger partial charge in [-0.05, 0) is 24.8 Å². The number of hydrogen-bond acceptors (Lipinski definition) is 3. The van der Waals surface area contributed by atoms with Crippen LogP contribution in [0.3, 0.4) is 0 Å². The third kappa shape index (κ3) is 2.44. The van der Waals surface area contributed by atoms with E-state index in [0.29, 0.717) is 12.0 Å². The van der Waals surface area contributed by atoms with E-state index in [9.17, 15) is 0 Å². The molecule has 4 nitrogen and oxygen atoms in total. The second-order valence-corrected chi connectivity index (χ2v) is 5.82. The average molecular weight is 258 g/mol. The van der Waals surface area contributed by atoms with Gasteiger partial charge < -0.3 is 5.32 Å². The third-order valence-electron chi connectivity index (χ3n) is 4.00. The Morgan fingerprint density at radius 3 is 2.79 bits per heavy atom. The molecule has 0 bridgehead atoms. The van der Waals surface area contributed by atoms with E-state index in [2.05, 4.69) is 34.3 Å². The molecule has 0 spiro atoms. The Morgan fingerprint density at radius 1 is 1.26 bits per heavy atom. The van der Waals surface area contributed by atoms with Crippen molar-refractivity contribution in [3.05, 3.63) is 18.0 Å². The first kappa shape index (κ1) is 12.5. The fraction of sp³-hybridized carbons (Fsp3) is 0.600. The second-order valence-electron chi connectivity index (χ2n) is 5.82. The van der Waals surface area contributed by atoms with E-state index in [4.69, 9.17) is 0 Å². The zero-order valence-corrected chi connectivity index (χ0v) is 11.7. The first-order chi connectivity index (χ1) is 9.25. The Hall–Kier alpha value is -1.58. The second kappa shape index (κ2) is 5.19. The summed E-state index contributed by atoms with van der Waals surface area (Å²) in [5.41, 5.74) is 2.19. The minimum atomic E-state index is 0.407. The van der Waals surface area contributed by atoms with Crippen molar-refractivity contribution in [3.63, 3.8) is 0 Å². The highest BCUT2D eigenvalue weighted by Crippen LogP contribution is 2.30. The van der Waals surface area contributed by atoms with E-state index >= 15 is 0 Å². The molecule has 1 aliphatic rings. The summed E-state index contributed by atoms with van der Waals surface area (Å²) in [6, 6.07) is 2.57. The van der Waals surface area contributed by atoms with Gasteiger partial charge in [0, 0.05) is 12.2 Å². The van der Waals surface area contributed by atoms with Crippen LogP contribution in [-0.2, 0) is 0 Å². The van der Waals surface area contributed by atoms with E-state index in [0.717, 1.165) is 17.0 Å². The number of H-pyrrole nitrogens is 1. The monoisotopic (exact) mass is 258 g/mol. The Kier molecular flexibility index (Phi) is 3.40. The summed E-state index contributed by atoms with van der Waals surface area (Å²) in [5, 5.41) is 12.4. The van der Waals surface area contributed by atoms with Crippen molar-refractivity contribution in [1.29, 1.82) is 0 Å². The van der Waals surface area contributed by atoms with Crippen LogP contribution in [0.1, 0.15) is 57.6 Å². The van der Waals surface area contributed by atoms with Crippen molar-refractivity contribution in [2.75, 3.05) is 5.32 Å². The van der Waals surface area contributed by atoms with Gasteiger partial charge in [0.15, 0.2) is 0 Å². The molecular weight excluding hydrogens is 236 g/mol. The molecule has 0 aliphatic heterocycles. The third-order valence-corrected chi connectivity index (χ3v) is 4.00. The molecule has 1 fully saturated rings. The smallest absolute Gasteiger partial charge is 0.137 e. The molecule has 102 valence electrons. The SMILES string of the molecule is CC(C)c1n[nH]c2ccnc(NC3CCCCC3)c12. The molecule has 2 heterocycles. The van der Waals surface area contributed by atoms with Gasteiger partial charge in [-0.25, -0.2) is 4.98 Å². The lowest BCUT2D eigenvalue weighted by Crippen LogP contribution is -2.23. The quantitative estimate of drug-likeness (QED) is 0.879. The minimum Gasteiger partial charge on any atom is -0.367 e. The van der Waals surface area contributed by atoms with Crippen LogP contribution in [-0.4, -0.2) is 21.2 Å². The fourth-order valence-electron chi connectivity index (χ4n) is 2.96. The van der Waals surface area contributed by atoms with Gasteiger partial charge in [0.1, 0.15) is 5.82 Å². The summed E-state index contributed by atoms with van der Waals surface area (Å²) in [7, 11) is 0. The summed E-state index contributed by atoms with van der Waals surface area (Å²) in [5.74, 6) is 1.41. The number of hydrogen-bond donors (Lipinski definition) is 2. The van der Waals surface area contributed by atoms with Crippen LogP contribution in [0.15, 0.2) is 12.3 Å². The van der Waals surface area contributed by atoms with Crippen molar-refractivity contribution >= 4 is 16.7 Å². The van der Waals surface area contributed by atoms with Crippen molar-refractivity contribution in [2.24, 2.45) is 0 Å². The average Bonchev–Trinajstić information content (AvgIpc) is 2.85. The maximum atomic E-state index is 4.55. The van der Waals surface area contributed by atoms with Crippen LogP contribution in [0.4, 0.5) is 5.82 Å². The van der Waals surface area contributed by atoms with Gasteiger partial charge in [0.05, 0.1) is 16.6 Å². The molecule has 2 aromatic rings. The summed E-state index contributed by atoms with van der Waals surface area (Å²) >= 11 is 0. The van der Waals surface area contributed by atoms with Gasteiger partial charge in [-0.15, -0.1) is 0 Å². The predicted molar refractivity (Wildman–Crippen MR) is 78.5 cm³/mol. The Bertz CT molecular complexity index is 552. The van der Waals surface area contributed by atoms with E-state index < -0.39 is 0 Å². The summed E-state index contributed by atoms with van der Waals surface area (Å²) in [4.78, 5) is 4.55. The molecule has 0 unspecified atom stereocenters. The van der Waals surface area contributed by atoms with E-state index in [1.807, 2.05) is 12.3 Å². The number of nitrogens with zero attached hydrogens (tertiary/aromatic N) is 2. The number of fused-ring (bicyclic) bond motifs is 1. The lowest BCUT2D eigenvalue weighted by molar-refractivity contribution is 0.462. The maximum absolute atomic E-state index is 4.55. The zero-order valence-electron chi connectivity index (χ0n) is 11.7. The van der Waals surface area contributed by atoms with E-state index in [-0.39, 0.29) is 0 Å². The van der Waals surface area contributed by atoms with Crippen LogP contribution < -0.4 is 5.32 Å². The van der Waals surface area contributed by atoms with Crippen LogP contribution in [0.2, 0.25) is 0 Å². The molecule has 0 aromatic carbocycles. The first-order valence-corrected chi connectivity index (χ1v) is 7.35. The number of anilines is 1. The van der Waals surface area contributed by atoms with Gasteiger partial charge in [-0.1, -0.05) is 33.1 Å². The van der Waals surface area contributed by atoms with Crippen molar-refractivity contribution < 1.29 is 0 Å².